The van der Waals surface area contributed by atoms with E-state index in [2.05, 4.69) is 20.4 Å². The van der Waals surface area contributed by atoms with Crippen LogP contribution in [0.15, 0.2) is 6.20 Å². The van der Waals surface area contributed by atoms with Crippen molar-refractivity contribution in [3.05, 3.63) is 29.1 Å². The standard InChI is InChI=1S/C26H36F4N8O3/c1-7-19-31-11-18(27)22(32-19)33-21-17-14-37(25(5,6)20(17)38(34-21)24(40)41-8-2)23(39)36-13-15(3)35(12-16(36)4)10-9-26(28,29)30/h11,15-16H,7-10,12-14H2,1-6H3,(H,31,32,33,34)/t15-,16+/m1/s1. The van der Waals surface area contributed by atoms with Crippen LogP contribution in [0, 0.1) is 5.82 Å². The van der Waals surface area contributed by atoms with Crippen LogP contribution in [0.25, 0.3) is 0 Å². The molecule has 0 radical (unpaired) electrons. The molecule has 41 heavy (non-hydrogen) atoms. The topological polar surface area (TPSA) is 109 Å². The van der Waals surface area contributed by atoms with E-state index in [0.29, 0.717) is 30.0 Å². The number of nitrogens with one attached hydrogen (secondary N) is 1. The van der Waals surface area contributed by atoms with Crippen molar-refractivity contribution in [1.29, 1.82) is 0 Å². The van der Waals surface area contributed by atoms with Gasteiger partial charge in [-0.15, -0.1) is 5.10 Å². The number of rotatable bonds is 6. The van der Waals surface area contributed by atoms with E-state index in [4.69, 9.17) is 4.74 Å². The minimum atomic E-state index is -4.26. The number of hydrogen-bond donors (Lipinski definition) is 1. The van der Waals surface area contributed by atoms with Gasteiger partial charge < -0.3 is 19.9 Å². The van der Waals surface area contributed by atoms with E-state index in [-0.39, 0.29) is 56.0 Å². The van der Waals surface area contributed by atoms with Gasteiger partial charge in [0.25, 0.3) is 0 Å². The second-order valence-corrected chi connectivity index (χ2v) is 10.9. The predicted octanol–water partition coefficient (Wildman–Crippen LogP) is 4.64. The van der Waals surface area contributed by atoms with Gasteiger partial charge in [-0.05, 0) is 34.6 Å². The highest BCUT2D eigenvalue weighted by molar-refractivity contribution is 5.80. The molecule has 2 aromatic heterocycles. The Labute approximate surface area is 235 Å². The zero-order chi connectivity index (χ0) is 30.3. The first-order valence-corrected chi connectivity index (χ1v) is 13.6. The van der Waals surface area contributed by atoms with Gasteiger partial charge in [-0.25, -0.2) is 23.9 Å². The number of halogens is 4. The van der Waals surface area contributed by atoms with Crippen molar-refractivity contribution in [3.63, 3.8) is 0 Å². The molecule has 1 fully saturated rings. The molecular formula is C26H36F4N8O3. The van der Waals surface area contributed by atoms with E-state index >= 15 is 0 Å². The first-order valence-electron chi connectivity index (χ1n) is 13.6. The Morgan fingerprint density at radius 2 is 1.85 bits per heavy atom. The Bertz CT molecular complexity index is 1300. The van der Waals surface area contributed by atoms with Gasteiger partial charge in [-0.3, -0.25) is 4.90 Å². The van der Waals surface area contributed by atoms with Crippen molar-refractivity contribution < 1.29 is 31.9 Å². The number of piperazine rings is 1. The van der Waals surface area contributed by atoms with Crippen LogP contribution < -0.4 is 5.32 Å². The zero-order valence-corrected chi connectivity index (χ0v) is 24.0. The number of aryl methyl sites for hydroxylation is 1. The van der Waals surface area contributed by atoms with Gasteiger partial charge in [-0.1, -0.05) is 6.92 Å². The minimum absolute atomic E-state index is 0.0473. The molecule has 0 bridgehead atoms. The van der Waals surface area contributed by atoms with Gasteiger partial charge in [0.15, 0.2) is 17.5 Å². The summed E-state index contributed by atoms with van der Waals surface area (Å²) in [4.78, 5) is 40.0. The fraction of sp³-hybridized carbons (Fsp3) is 0.654. The molecule has 1 N–H and O–H groups in total. The number of alkyl halides is 3. The number of anilines is 2. The Balaban J connectivity index is 1.63. The van der Waals surface area contributed by atoms with Gasteiger partial charge in [0, 0.05) is 43.7 Å². The SMILES string of the molecule is CCOC(=O)n1nc(Nc2nc(CC)ncc2F)c2c1C(C)(C)N(C(=O)N1C[C@@H](C)N(CCC(F)(F)F)C[C@@H]1C)C2. The van der Waals surface area contributed by atoms with Gasteiger partial charge in [0.05, 0.1) is 37.0 Å². The van der Waals surface area contributed by atoms with Crippen LogP contribution in [-0.2, 0) is 23.2 Å². The number of hydrogen-bond acceptors (Lipinski definition) is 8. The van der Waals surface area contributed by atoms with Gasteiger partial charge in [0.1, 0.15) is 5.82 Å². The van der Waals surface area contributed by atoms with Crippen LogP contribution in [0.1, 0.15) is 65.0 Å². The summed E-state index contributed by atoms with van der Waals surface area (Å²) in [5.74, 6) is -0.273. The lowest BCUT2D eigenvalue weighted by atomic mass is 10.00. The Kier molecular flexibility index (Phi) is 8.48. The highest BCUT2D eigenvalue weighted by Gasteiger charge is 2.49. The van der Waals surface area contributed by atoms with Crippen LogP contribution in [0.4, 0.5) is 38.8 Å². The number of amides is 2. The smallest absolute Gasteiger partial charge is 0.435 e. The van der Waals surface area contributed by atoms with Crippen LogP contribution in [-0.4, -0.2) is 91.1 Å². The molecule has 15 heteroatoms. The normalized spacial score (nSPS) is 20.7. The highest BCUT2D eigenvalue weighted by Crippen LogP contribution is 2.43. The van der Waals surface area contributed by atoms with E-state index in [0.717, 1.165) is 10.9 Å². The molecule has 2 aromatic rings. The summed E-state index contributed by atoms with van der Waals surface area (Å²) in [6, 6.07) is -0.969. The maximum atomic E-state index is 14.6. The minimum Gasteiger partial charge on any atom is -0.448 e. The quantitative estimate of drug-likeness (QED) is 0.490. The van der Waals surface area contributed by atoms with Crippen molar-refractivity contribution in [1.82, 2.24) is 34.4 Å². The third-order valence-corrected chi connectivity index (χ3v) is 7.62. The average Bonchev–Trinajstić information content (AvgIpc) is 3.39. The van der Waals surface area contributed by atoms with Crippen LogP contribution >= 0.6 is 0 Å². The van der Waals surface area contributed by atoms with Crippen LogP contribution in [0.3, 0.4) is 0 Å². The average molecular weight is 585 g/mol. The van der Waals surface area contributed by atoms with E-state index in [1.807, 2.05) is 6.92 Å². The van der Waals surface area contributed by atoms with Crippen molar-refractivity contribution >= 4 is 23.8 Å². The zero-order valence-electron chi connectivity index (χ0n) is 24.0. The molecule has 2 atom stereocenters. The van der Waals surface area contributed by atoms with Gasteiger partial charge in [-0.2, -0.15) is 17.9 Å². The molecule has 4 heterocycles. The largest absolute Gasteiger partial charge is 0.448 e. The Morgan fingerprint density at radius 3 is 2.49 bits per heavy atom. The molecular weight excluding hydrogens is 548 g/mol. The second kappa shape index (κ2) is 11.4. The monoisotopic (exact) mass is 584 g/mol. The summed E-state index contributed by atoms with van der Waals surface area (Å²) in [7, 11) is 0. The predicted molar refractivity (Wildman–Crippen MR) is 141 cm³/mol. The third-order valence-electron chi connectivity index (χ3n) is 7.62. The van der Waals surface area contributed by atoms with Crippen molar-refractivity contribution in [2.24, 2.45) is 0 Å². The van der Waals surface area contributed by atoms with Gasteiger partial charge in [0.2, 0.25) is 0 Å². The molecule has 0 spiro atoms. The van der Waals surface area contributed by atoms with E-state index in [1.54, 1.807) is 49.3 Å². The lowest BCUT2D eigenvalue weighted by molar-refractivity contribution is -0.140. The third kappa shape index (κ3) is 6.09. The highest BCUT2D eigenvalue weighted by atomic mass is 19.4. The summed E-state index contributed by atoms with van der Waals surface area (Å²) < 4.78 is 59.4. The second-order valence-electron chi connectivity index (χ2n) is 10.9. The van der Waals surface area contributed by atoms with Crippen molar-refractivity contribution in [2.75, 3.05) is 31.6 Å². The molecule has 0 aromatic carbocycles. The molecule has 0 unspecified atom stereocenters. The molecule has 0 saturated carbocycles. The lowest BCUT2D eigenvalue weighted by Crippen LogP contribution is -2.61. The van der Waals surface area contributed by atoms with Crippen molar-refractivity contribution in [3.8, 4) is 0 Å². The Morgan fingerprint density at radius 1 is 1.15 bits per heavy atom. The lowest BCUT2D eigenvalue weighted by Gasteiger charge is -2.47. The van der Waals surface area contributed by atoms with Gasteiger partial charge >= 0.3 is 18.3 Å². The summed E-state index contributed by atoms with van der Waals surface area (Å²) in [6.45, 7) is 11.2. The molecule has 226 valence electrons. The van der Waals surface area contributed by atoms with Crippen molar-refractivity contribution in [2.45, 2.75) is 84.7 Å². The maximum Gasteiger partial charge on any atom is 0.435 e. The summed E-state index contributed by atoms with van der Waals surface area (Å²) in [5, 5.41) is 7.25. The number of nitrogens with zero attached hydrogens (tertiary/aromatic N) is 7. The number of ether oxygens (including phenoxy) is 1. The first kappa shape index (κ1) is 30.5. The van der Waals surface area contributed by atoms with E-state index in [9.17, 15) is 27.2 Å². The fourth-order valence-corrected chi connectivity index (χ4v) is 5.41. The molecule has 1 saturated heterocycles. The number of urea groups is 1. The Hall–Kier alpha value is -3.49. The molecule has 4 rings (SSSR count). The van der Waals surface area contributed by atoms with Crippen LogP contribution in [0.5, 0.6) is 0 Å². The molecule has 0 aliphatic carbocycles. The molecule has 2 aliphatic rings. The molecule has 2 aliphatic heterocycles. The summed E-state index contributed by atoms with van der Waals surface area (Å²) >= 11 is 0. The number of fused-ring (bicyclic) bond motifs is 1. The summed E-state index contributed by atoms with van der Waals surface area (Å²) in [6.07, 6.45) is -4.41. The number of carbonyl (C=O) groups is 2. The fourth-order valence-electron chi connectivity index (χ4n) is 5.41. The number of aromatic nitrogens is 4. The molecule has 2 amide bonds. The maximum absolute atomic E-state index is 14.6. The van der Waals surface area contributed by atoms with Crippen LogP contribution in [0.2, 0.25) is 0 Å². The number of carbonyl (C=O) groups excluding carboxylic acids is 2. The summed E-state index contributed by atoms with van der Waals surface area (Å²) in [5.41, 5.74) is -0.139. The van der Waals surface area contributed by atoms with E-state index < -0.39 is 30.0 Å². The van der Waals surface area contributed by atoms with E-state index in [1.165, 1.54) is 0 Å². The first-order chi connectivity index (χ1) is 19.2. The molecule has 11 nitrogen and oxygen atoms in total.